The Bertz CT molecular complexity index is 287. The van der Waals surface area contributed by atoms with Crippen molar-refractivity contribution >= 4 is 5.91 Å². The van der Waals surface area contributed by atoms with E-state index in [1.54, 1.807) is 0 Å². The van der Waals surface area contributed by atoms with Crippen LogP contribution >= 0.6 is 0 Å². The number of carbonyl (C=O) groups is 1. The summed E-state index contributed by atoms with van der Waals surface area (Å²) in [7, 11) is 0. The summed E-state index contributed by atoms with van der Waals surface area (Å²) in [5, 5.41) is 3.37. The van der Waals surface area contributed by atoms with Crippen LogP contribution in [0.4, 0.5) is 0 Å². The van der Waals surface area contributed by atoms with Crippen LogP contribution in [0, 0.1) is 0 Å². The highest BCUT2D eigenvalue weighted by Crippen LogP contribution is 2.15. The molecule has 0 saturated heterocycles. The first-order valence-electron chi connectivity index (χ1n) is 12.5. The smallest absolute Gasteiger partial charge is 0.220 e. The zero-order valence-corrected chi connectivity index (χ0v) is 19.1. The van der Waals surface area contributed by atoms with E-state index >= 15 is 0 Å². The van der Waals surface area contributed by atoms with Crippen LogP contribution in [0.15, 0.2) is 0 Å². The second kappa shape index (κ2) is 21.8. The van der Waals surface area contributed by atoms with Crippen molar-refractivity contribution in [3.8, 4) is 0 Å². The van der Waals surface area contributed by atoms with Gasteiger partial charge < -0.3 is 5.32 Å². The van der Waals surface area contributed by atoms with Crippen molar-refractivity contribution in [1.29, 1.82) is 0 Å². The summed E-state index contributed by atoms with van der Waals surface area (Å²) in [6.45, 7) is 6.78. The molecule has 0 aliphatic heterocycles. The Labute approximate surface area is 171 Å². The first-order chi connectivity index (χ1) is 13.2. The fourth-order valence-electron chi connectivity index (χ4n) is 3.82. The number of hydrogen-bond acceptors (Lipinski definition) is 1. The molecular weight excluding hydrogens is 330 g/mol. The Kier molecular flexibility index (Phi) is 21.3. The zero-order valence-electron chi connectivity index (χ0n) is 19.1. The van der Waals surface area contributed by atoms with E-state index in [2.05, 4.69) is 26.1 Å². The minimum Gasteiger partial charge on any atom is -0.353 e. The summed E-state index contributed by atoms with van der Waals surface area (Å²) in [6.07, 6.45) is 25.3. The van der Waals surface area contributed by atoms with Gasteiger partial charge in [0, 0.05) is 12.5 Å². The molecule has 0 bridgehead atoms. The monoisotopic (exact) mass is 381 g/mol. The molecule has 0 aromatic heterocycles. The van der Waals surface area contributed by atoms with Crippen molar-refractivity contribution in [3.05, 3.63) is 0 Å². The lowest BCUT2D eigenvalue weighted by Crippen LogP contribution is -2.34. The highest BCUT2D eigenvalue weighted by Gasteiger charge is 2.12. The van der Waals surface area contributed by atoms with Crippen molar-refractivity contribution < 1.29 is 4.79 Å². The van der Waals surface area contributed by atoms with Crippen LogP contribution in [0.5, 0.6) is 0 Å². The first-order valence-corrected chi connectivity index (χ1v) is 12.5. The topological polar surface area (TPSA) is 29.1 Å². The third kappa shape index (κ3) is 20.0. The molecule has 0 unspecified atom stereocenters. The molecule has 0 atom stereocenters. The summed E-state index contributed by atoms with van der Waals surface area (Å²) >= 11 is 0. The molecule has 0 aromatic carbocycles. The van der Waals surface area contributed by atoms with E-state index in [-0.39, 0.29) is 0 Å². The van der Waals surface area contributed by atoms with Gasteiger partial charge in [-0.25, -0.2) is 0 Å². The number of amides is 1. The summed E-state index contributed by atoms with van der Waals surface area (Å²) < 4.78 is 0. The van der Waals surface area contributed by atoms with Crippen LogP contribution in [0.1, 0.15) is 149 Å². The molecule has 0 aliphatic carbocycles. The number of unbranched alkanes of at least 4 members (excludes halogenated alkanes) is 14. The Morgan fingerprint density at radius 3 is 1.37 bits per heavy atom. The molecule has 0 heterocycles. The Hall–Kier alpha value is -0.530. The third-order valence-corrected chi connectivity index (χ3v) is 5.68. The van der Waals surface area contributed by atoms with Crippen molar-refractivity contribution in [2.24, 2.45) is 0 Å². The van der Waals surface area contributed by atoms with Gasteiger partial charge in [0.15, 0.2) is 0 Å². The minimum atomic E-state index is 0.300. The molecule has 0 aliphatic rings. The van der Waals surface area contributed by atoms with E-state index in [0.29, 0.717) is 11.9 Å². The molecule has 2 heteroatoms. The van der Waals surface area contributed by atoms with Crippen molar-refractivity contribution in [3.63, 3.8) is 0 Å². The maximum absolute atomic E-state index is 12.3. The fourth-order valence-corrected chi connectivity index (χ4v) is 3.82. The van der Waals surface area contributed by atoms with E-state index in [1.165, 1.54) is 116 Å². The molecule has 0 aromatic rings. The SMILES string of the molecule is CCCCCCCCC(CCCCCCCC)NC(=O)CCCCCCC. The van der Waals surface area contributed by atoms with E-state index < -0.39 is 0 Å². The molecule has 2 nitrogen and oxygen atoms in total. The fraction of sp³-hybridized carbons (Fsp3) is 0.960. The molecule has 0 fully saturated rings. The zero-order chi connectivity index (χ0) is 20.0. The normalized spacial score (nSPS) is 11.3. The lowest BCUT2D eigenvalue weighted by Gasteiger charge is -2.19. The van der Waals surface area contributed by atoms with Crippen molar-refractivity contribution in [2.75, 3.05) is 0 Å². The highest BCUT2D eigenvalue weighted by atomic mass is 16.1. The lowest BCUT2D eigenvalue weighted by molar-refractivity contribution is -0.122. The molecule has 1 N–H and O–H groups in total. The predicted molar refractivity (Wildman–Crippen MR) is 121 cm³/mol. The van der Waals surface area contributed by atoms with E-state index in [9.17, 15) is 4.79 Å². The third-order valence-electron chi connectivity index (χ3n) is 5.68. The van der Waals surface area contributed by atoms with Crippen LogP contribution in [0.2, 0.25) is 0 Å². The molecular formula is C25H51NO. The molecule has 1 amide bonds. The maximum atomic E-state index is 12.3. The summed E-state index contributed by atoms with van der Waals surface area (Å²) in [5.41, 5.74) is 0. The first kappa shape index (κ1) is 26.5. The average Bonchev–Trinajstić information content (AvgIpc) is 2.66. The number of nitrogens with one attached hydrogen (secondary N) is 1. The van der Waals surface area contributed by atoms with Gasteiger partial charge in [-0.15, -0.1) is 0 Å². The molecule has 162 valence electrons. The second-order valence-corrected chi connectivity index (χ2v) is 8.54. The van der Waals surface area contributed by atoms with E-state index in [1.807, 2.05) is 0 Å². The van der Waals surface area contributed by atoms with E-state index in [0.717, 1.165) is 12.8 Å². The number of rotatable bonds is 21. The van der Waals surface area contributed by atoms with Crippen LogP contribution in [-0.2, 0) is 4.79 Å². The molecule has 27 heavy (non-hydrogen) atoms. The van der Waals surface area contributed by atoms with Gasteiger partial charge >= 0.3 is 0 Å². The molecule has 0 radical (unpaired) electrons. The Morgan fingerprint density at radius 1 is 0.556 bits per heavy atom. The lowest BCUT2D eigenvalue weighted by atomic mass is 9.99. The van der Waals surface area contributed by atoms with Gasteiger partial charge in [-0.05, 0) is 19.3 Å². The second-order valence-electron chi connectivity index (χ2n) is 8.54. The van der Waals surface area contributed by atoms with Gasteiger partial charge in [0.25, 0.3) is 0 Å². The van der Waals surface area contributed by atoms with Gasteiger partial charge in [-0.2, -0.15) is 0 Å². The quantitative estimate of drug-likeness (QED) is 0.199. The Morgan fingerprint density at radius 2 is 0.926 bits per heavy atom. The average molecular weight is 382 g/mol. The van der Waals surface area contributed by atoms with Crippen molar-refractivity contribution in [1.82, 2.24) is 5.32 Å². The summed E-state index contributed by atoms with van der Waals surface area (Å²) in [4.78, 5) is 12.3. The standard InChI is InChI=1S/C25H51NO/c1-4-7-10-13-16-18-21-24(22-19-17-14-11-8-5-2)26-25(27)23-20-15-12-9-6-3/h24H,4-23H2,1-3H3,(H,26,27). The minimum absolute atomic E-state index is 0.300. The number of hydrogen-bond donors (Lipinski definition) is 1. The highest BCUT2D eigenvalue weighted by molar-refractivity contribution is 5.76. The van der Waals surface area contributed by atoms with Crippen LogP contribution in [-0.4, -0.2) is 11.9 Å². The maximum Gasteiger partial charge on any atom is 0.220 e. The van der Waals surface area contributed by atoms with E-state index in [4.69, 9.17) is 0 Å². The van der Waals surface area contributed by atoms with Crippen LogP contribution in [0.25, 0.3) is 0 Å². The van der Waals surface area contributed by atoms with Gasteiger partial charge in [0.2, 0.25) is 5.91 Å². The van der Waals surface area contributed by atoms with Gasteiger partial charge in [0.05, 0.1) is 0 Å². The number of carbonyl (C=O) groups excluding carboxylic acids is 1. The van der Waals surface area contributed by atoms with Gasteiger partial charge in [-0.1, -0.05) is 124 Å². The summed E-state index contributed by atoms with van der Waals surface area (Å²) in [5.74, 6) is 0.300. The van der Waals surface area contributed by atoms with Crippen LogP contribution < -0.4 is 5.32 Å². The Balaban J connectivity index is 4.00. The molecule has 0 rings (SSSR count). The van der Waals surface area contributed by atoms with Crippen LogP contribution in [0.3, 0.4) is 0 Å². The summed E-state index contributed by atoms with van der Waals surface area (Å²) in [6, 6.07) is 0.422. The predicted octanol–water partition coefficient (Wildman–Crippen LogP) is 8.33. The molecule has 0 spiro atoms. The van der Waals surface area contributed by atoms with Gasteiger partial charge in [-0.3, -0.25) is 4.79 Å². The largest absolute Gasteiger partial charge is 0.353 e. The molecule has 0 saturated carbocycles. The van der Waals surface area contributed by atoms with Gasteiger partial charge in [0.1, 0.15) is 0 Å². The van der Waals surface area contributed by atoms with Crippen molar-refractivity contribution in [2.45, 2.75) is 155 Å².